The summed E-state index contributed by atoms with van der Waals surface area (Å²) in [5.74, 6) is 1.84. The maximum atomic E-state index is 11.5. The SMILES string of the molecule is COc1ccc(C2CNC(=O)C2)cc1OCCCN1CCN(c2ccccc2)CC1. The molecule has 2 aliphatic heterocycles. The molecule has 0 aliphatic carbocycles. The number of hydrogen-bond donors (Lipinski definition) is 1. The van der Waals surface area contributed by atoms with E-state index >= 15 is 0 Å². The highest BCUT2D eigenvalue weighted by Crippen LogP contribution is 2.33. The molecule has 2 saturated heterocycles. The number of amides is 1. The van der Waals surface area contributed by atoms with Gasteiger partial charge in [0.1, 0.15) is 0 Å². The molecule has 4 rings (SSSR count). The Morgan fingerprint density at radius 2 is 1.83 bits per heavy atom. The summed E-state index contributed by atoms with van der Waals surface area (Å²) in [6.07, 6.45) is 1.52. The molecule has 2 heterocycles. The van der Waals surface area contributed by atoms with Crippen LogP contribution >= 0.6 is 0 Å². The number of carbonyl (C=O) groups excluding carboxylic acids is 1. The zero-order valence-electron chi connectivity index (χ0n) is 17.7. The molecule has 30 heavy (non-hydrogen) atoms. The average molecular weight is 410 g/mol. The first-order chi connectivity index (χ1) is 14.7. The van der Waals surface area contributed by atoms with Crippen LogP contribution in [0.5, 0.6) is 11.5 Å². The van der Waals surface area contributed by atoms with Crippen LogP contribution in [0.25, 0.3) is 0 Å². The monoisotopic (exact) mass is 409 g/mol. The van der Waals surface area contributed by atoms with Gasteiger partial charge in [-0.05, 0) is 36.2 Å². The molecule has 0 radical (unpaired) electrons. The number of benzene rings is 2. The molecular formula is C24H31N3O3. The molecule has 0 saturated carbocycles. The number of methoxy groups -OCH3 is 1. The molecule has 0 spiro atoms. The maximum Gasteiger partial charge on any atom is 0.220 e. The van der Waals surface area contributed by atoms with Crippen LogP contribution in [0.1, 0.15) is 24.3 Å². The van der Waals surface area contributed by atoms with Crippen molar-refractivity contribution in [2.75, 3.05) is 57.9 Å². The second-order valence-electron chi connectivity index (χ2n) is 7.98. The van der Waals surface area contributed by atoms with E-state index in [0.717, 1.165) is 56.2 Å². The van der Waals surface area contributed by atoms with Gasteiger partial charge >= 0.3 is 0 Å². The minimum absolute atomic E-state index is 0.116. The van der Waals surface area contributed by atoms with Gasteiger partial charge in [-0.25, -0.2) is 0 Å². The Balaban J connectivity index is 1.23. The number of carbonyl (C=O) groups is 1. The third-order valence-electron chi connectivity index (χ3n) is 6.01. The van der Waals surface area contributed by atoms with Crippen molar-refractivity contribution >= 4 is 11.6 Å². The van der Waals surface area contributed by atoms with Gasteiger partial charge in [0.15, 0.2) is 11.5 Å². The van der Waals surface area contributed by atoms with E-state index in [4.69, 9.17) is 9.47 Å². The predicted molar refractivity (Wildman–Crippen MR) is 119 cm³/mol. The van der Waals surface area contributed by atoms with E-state index in [-0.39, 0.29) is 11.8 Å². The minimum Gasteiger partial charge on any atom is -0.493 e. The quantitative estimate of drug-likeness (QED) is 0.680. The van der Waals surface area contributed by atoms with E-state index in [1.165, 1.54) is 5.69 Å². The first kappa shape index (κ1) is 20.5. The topological polar surface area (TPSA) is 54.0 Å². The van der Waals surface area contributed by atoms with Gasteiger partial charge in [0.2, 0.25) is 5.91 Å². The molecule has 1 unspecified atom stereocenters. The van der Waals surface area contributed by atoms with Gasteiger partial charge in [0, 0.05) is 57.3 Å². The predicted octanol–water partition coefficient (Wildman–Crippen LogP) is 2.89. The van der Waals surface area contributed by atoms with Crippen LogP contribution in [-0.2, 0) is 4.79 Å². The van der Waals surface area contributed by atoms with E-state index in [0.29, 0.717) is 19.6 Å². The van der Waals surface area contributed by atoms with E-state index in [1.54, 1.807) is 7.11 Å². The Morgan fingerprint density at radius 1 is 1.03 bits per heavy atom. The smallest absolute Gasteiger partial charge is 0.220 e. The molecule has 160 valence electrons. The summed E-state index contributed by atoms with van der Waals surface area (Å²) in [5, 5.41) is 2.90. The molecule has 0 aromatic heterocycles. The van der Waals surface area contributed by atoms with Crippen LogP contribution < -0.4 is 19.7 Å². The van der Waals surface area contributed by atoms with E-state index in [9.17, 15) is 4.79 Å². The molecule has 2 aromatic carbocycles. The van der Waals surface area contributed by atoms with E-state index in [2.05, 4.69) is 45.4 Å². The largest absolute Gasteiger partial charge is 0.493 e. The van der Waals surface area contributed by atoms with Crippen LogP contribution in [0.2, 0.25) is 0 Å². The summed E-state index contributed by atoms with van der Waals surface area (Å²) < 4.78 is 11.5. The fourth-order valence-electron chi connectivity index (χ4n) is 4.24. The van der Waals surface area contributed by atoms with Crippen molar-refractivity contribution in [3.63, 3.8) is 0 Å². The number of hydrogen-bond acceptors (Lipinski definition) is 5. The number of nitrogens with one attached hydrogen (secondary N) is 1. The van der Waals surface area contributed by atoms with Gasteiger partial charge in [0.05, 0.1) is 13.7 Å². The standard InChI is InChI=1S/C24H31N3O3/c1-29-22-9-8-19(20-17-24(28)25-18-20)16-23(22)30-15-5-10-26-11-13-27(14-12-26)21-6-3-2-4-7-21/h2-4,6-9,16,20H,5,10-15,17-18H2,1H3,(H,25,28). The van der Waals surface area contributed by atoms with Crippen molar-refractivity contribution < 1.29 is 14.3 Å². The average Bonchev–Trinajstić information content (AvgIpc) is 3.24. The molecule has 1 N–H and O–H groups in total. The first-order valence-corrected chi connectivity index (χ1v) is 10.8. The van der Waals surface area contributed by atoms with Crippen LogP contribution in [0.4, 0.5) is 5.69 Å². The zero-order chi connectivity index (χ0) is 20.8. The Labute approximate surface area is 178 Å². The second-order valence-corrected chi connectivity index (χ2v) is 7.98. The summed E-state index contributed by atoms with van der Waals surface area (Å²) >= 11 is 0. The fraction of sp³-hybridized carbons (Fsp3) is 0.458. The van der Waals surface area contributed by atoms with Gasteiger partial charge in [-0.2, -0.15) is 0 Å². The highest BCUT2D eigenvalue weighted by atomic mass is 16.5. The zero-order valence-corrected chi connectivity index (χ0v) is 17.7. The Morgan fingerprint density at radius 3 is 2.53 bits per heavy atom. The van der Waals surface area contributed by atoms with Crippen molar-refractivity contribution in [2.45, 2.75) is 18.8 Å². The third-order valence-corrected chi connectivity index (χ3v) is 6.01. The van der Waals surface area contributed by atoms with Crippen LogP contribution in [-0.4, -0.2) is 63.8 Å². The number of piperazine rings is 1. The number of ether oxygens (including phenoxy) is 2. The summed E-state index contributed by atoms with van der Waals surface area (Å²) in [6.45, 7) is 6.67. The molecule has 2 fully saturated rings. The highest BCUT2D eigenvalue weighted by molar-refractivity contribution is 5.79. The van der Waals surface area contributed by atoms with Crippen molar-refractivity contribution in [1.82, 2.24) is 10.2 Å². The Bertz CT molecular complexity index is 835. The van der Waals surface area contributed by atoms with Gasteiger partial charge in [0.25, 0.3) is 0 Å². The van der Waals surface area contributed by atoms with Gasteiger partial charge in [-0.1, -0.05) is 24.3 Å². The van der Waals surface area contributed by atoms with Gasteiger partial charge in [-0.3, -0.25) is 9.69 Å². The number of para-hydroxylation sites is 1. The lowest BCUT2D eigenvalue weighted by Gasteiger charge is -2.36. The third kappa shape index (κ3) is 5.05. The molecular weight excluding hydrogens is 378 g/mol. The summed E-state index contributed by atoms with van der Waals surface area (Å²) in [4.78, 5) is 16.5. The van der Waals surface area contributed by atoms with Crippen molar-refractivity contribution in [2.24, 2.45) is 0 Å². The second kappa shape index (κ2) is 9.85. The number of anilines is 1. The van der Waals surface area contributed by atoms with Crippen molar-refractivity contribution in [3.05, 3.63) is 54.1 Å². The minimum atomic E-state index is 0.116. The fourth-order valence-corrected chi connectivity index (χ4v) is 4.24. The molecule has 6 heteroatoms. The molecule has 1 amide bonds. The molecule has 2 aliphatic rings. The maximum absolute atomic E-state index is 11.5. The Kier molecular flexibility index (Phi) is 6.74. The van der Waals surface area contributed by atoms with Crippen LogP contribution in [0, 0.1) is 0 Å². The van der Waals surface area contributed by atoms with Gasteiger partial charge < -0.3 is 19.7 Å². The van der Waals surface area contributed by atoms with E-state index < -0.39 is 0 Å². The van der Waals surface area contributed by atoms with Crippen LogP contribution in [0.3, 0.4) is 0 Å². The summed E-state index contributed by atoms with van der Waals surface area (Å²) in [7, 11) is 1.66. The van der Waals surface area contributed by atoms with Crippen molar-refractivity contribution in [1.29, 1.82) is 0 Å². The molecule has 6 nitrogen and oxygen atoms in total. The number of rotatable bonds is 8. The lowest BCUT2D eigenvalue weighted by molar-refractivity contribution is -0.119. The van der Waals surface area contributed by atoms with Gasteiger partial charge in [-0.15, -0.1) is 0 Å². The Hall–Kier alpha value is -2.73. The van der Waals surface area contributed by atoms with Crippen LogP contribution in [0.15, 0.2) is 48.5 Å². The number of nitrogens with zero attached hydrogens (tertiary/aromatic N) is 2. The summed E-state index contributed by atoms with van der Waals surface area (Å²) in [6, 6.07) is 16.6. The lowest BCUT2D eigenvalue weighted by Crippen LogP contribution is -2.46. The summed E-state index contributed by atoms with van der Waals surface area (Å²) in [5.41, 5.74) is 2.44. The van der Waals surface area contributed by atoms with E-state index in [1.807, 2.05) is 18.2 Å². The highest BCUT2D eigenvalue weighted by Gasteiger charge is 2.24. The van der Waals surface area contributed by atoms with Crippen molar-refractivity contribution in [3.8, 4) is 11.5 Å². The lowest BCUT2D eigenvalue weighted by atomic mass is 9.98. The normalized spacial score (nSPS) is 19.6. The molecule has 0 bridgehead atoms. The molecule has 2 aromatic rings. The molecule has 1 atom stereocenters. The first-order valence-electron chi connectivity index (χ1n) is 10.8.